The second kappa shape index (κ2) is 6.64. The molecule has 5 rings (SSSR count). The van der Waals surface area contributed by atoms with E-state index in [1.807, 2.05) is 0 Å². The molecule has 1 aliphatic carbocycles. The predicted molar refractivity (Wildman–Crippen MR) is 113 cm³/mol. The predicted octanol–water partition coefficient (Wildman–Crippen LogP) is 4.32. The van der Waals surface area contributed by atoms with Crippen molar-refractivity contribution >= 4 is 40.4 Å². The van der Waals surface area contributed by atoms with Crippen LogP contribution < -0.4 is 5.32 Å². The molecular formula is C23H14ClN3O3. The number of aromatic nitrogens is 2. The van der Waals surface area contributed by atoms with E-state index in [2.05, 4.69) is 10.3 Å². The molecule has 1 N–H and O–H groups in total. The first-order valence-corrected chi connectivity index (χ1v) is 9.60. The highest BCUT2D eigenvalue weighted by molar-refractivity contribution is 6.31. The summed E-state index contributed by atoms with van der Waals surface area (Å²) in [5, 5.41) is 3.33. The summed E-state index contributed by atoms with van der Waals surface area (Å²) in [6, 6.07) is 14.8. The van der Waals surface area contributed by atoms with Crippen molar-refractivity contribution in [1.29, 1.82) is 0 Å². The van der Waals surface area contributed by atoms with Crippen molar-refractivity contribution in [3.8, 4) is 0 Å². The summed E-state index contributed by atoms with van der Waals surface area (Å²) in [6.45, 7) is 1.74. The van der Waals surface area contributed by atoms with Gasteiger partial charge in [0.2, 0.25) is 0 Å². The minimum atomic E-state index is -0.378. The second-order valence-corrected chi connectivity index (χ2v) is 7.47. The van der Waals surface area contributed by atoms with E-state index in [1.165, 1.54) is 0 Å². The minimum absolute atomic E-state index is 0.201. The maximum absolute atomic E-state index is 13.0. The summed E-state index contributed by atoms with van der Waals surface area (Å²) in [7, 11) is 0. The monoisotopic (exact) mass is 415 g/mol. The summed E-state index contributed by atoms with van der Waals surface area (Å²) in [6.07, 6.45) is 1.68. The number of benzene rings is 2. The van der Waals surface area contributed by atoms with Crippen molar-refractivity contribution in [2.24, 2.45) is 0 Å². The van der Waals surface area contributed by atoms with Crippen LogP contribution in [0.1, 0.15) is 48.0 Å². The maximum atomic E-state index is 13.0. The normalized spacial score (nSPS) is 12.6. The lowest BCUT2D eigenvalue weighted by atomic mass is 9.84. The molecule has 0 unspecified atom stereocenters. The standard InChI is InChI=1S/C23H14ClN3O3/c1-12-20(27-9-8-13(24)10-19(27)25-12)23(30)26-14-6-7-17-18(11-14)22(29)16-5-3-2-4-15(16)21(17)28/h2-11H,1H3,(H,26,30). The first kappa shape index (κ1) is 18.3. The molecule has 30 heavy (non-hydrogen) atoms. The first-order valence-electron chi connectivity index (χ1n) is 9.22. The van der Waals surface area contributed by atoms with Crippen molar-refractivity contribution in [3.05, 3.63) is 99.5 Å². The highest BCUT2D eigenvalue weighted by Gasteiger charge is 2.29. The molecule has 4 aromatic rings. The topological polar surface area (TPSA) is 80.5 Å². The molecule has 2 aromatic heterocycles. The lowest BCUT2D eigenvalue weighted by Gasteiger charge is -2.18. The molecule has 0 bridgehead atoms. The zero-order valence-corrected chi connectivity index (χ0v) is 16.5. The lowest BCUT2D eigenvalue weighted by Crippen LogP contribution is -2.22. The van der Waals surface area contributed by atoms with E-state index in [-0.39, 0.29) is 23.0 Å². The van der Waals surface area contributed by atoms with E-state index in [1.54, 1.807) is 72.1 Å². The van der Waals surface area contributed by atoms with Crippen LogP contribution in [0, 0.1) is 6.92 Å². The summed E-state index contributed by atoms with van der Waals surface area (Å²) in [5.74, 6) is -0.818. The number of pyridine rings is 1. The van der Waals surface area contributed by atoms with E-state index < -0.39 is 0 Å². The molecule has 0 radical (unpaired) electrons. The summed E-state index contributed by atoms with van der Waals surface area (Å²) < 4.78 is 1.65. The van der Waals surface area contributed by atoms with Gasteiger partial charge in [-0.15, -0.1) is 0 Å². The van der Waals surface area contributed by atoms with Crippen molar-refractivity contribution in [2.45, 2.75) is 6.92 Å². The van der Waals surface area contributed by atoms with Gasteiger partial charge >= 0.3 is 0 Å². The Kier molecular flexibility index (Phi) is 4.04. The number of rotatable bonds is 2. The smallest absolute Gasteiger partial charge is 0.274 e. The average molecular weight is 416 g/mol. The molecule has 0 atom stereocenters. The van der Waals surface area contributed by atoms with Crippen LogP contribution in [-0.2, 0) is 0 Å². The number of carbonyl (C=O) groups excluding carboxylic acids is 3. The Labute approximate surface area is 176 Å². The second-order valence-electron chi connectivity index (χ2n) is 7.04. The van der Waals surface area contributed by atoms with Crippen LogP contribution in [0.5, 0.6) is 0 Å². The van der Waals surface area contributed by atoms with Gasteiger partial charge in [0.05, 0.1) is 5.69 Å². The van der Waals surface area contributed by atoms with Crippen molar-refractivity contribution in [2.75, 3.05) is 5.32 Å². The fraction of sp³-hybridized carbons (Fsp3) is 0.0435. The van der Waals surface area contributed by atoms with Gasteiger partial charge in [0.15, 0.2) is 11.6 Å². The Morgan fingerprint density at radius 2 is 1.60 bits per heavy atom. The van der Waals surface area contributed by atoms with Crippen molar-refractivity contribution in [3.63, 3.8) is 0 Å². The number of halogens is 1. The molecule has 0 fully saturated rings. The largest absolute Gasteiger partial charge is 0.321 e. The molecule has 146 valence electrons. The molecule has 0 saturated heterocycles. The molecular weight excluding hydrogens is 402 g/mol. The molecule has 2 aromatic carbocycles. The number of nitrogens with zero attached hydrogens (tertiary/aromatic N) is 2. The fourth-order valence-electron chi connectivity index (χ4n) is 3.78. The molecule has 6 nitrogen and oxygen atoms in total. The fourth-order valence-corrected chi connectivity index (χ4v) is 3.93. The molecule has 2 heterocycles. The molecule has 0 saturated carbocycles. The zero-order valence-electron chi connectivity index (χ0n) is 15.8. The summed E-state index contributed by atoms with van der Waals surface area (Å²) in [5.41, 5.74) is 3.27. The van der Waals surface area contributed by atoms with Gasteiger partial charge in [-0.05, 0) is 31.2 Å². The highest BCUT2D eigenvalue weighted by atomic mass is 35.5. The third-order valence-corrected chi connectivity index (χ3v) is 5.40. The summed E-state index contributed by atoms with van der Waals surface area (Å²) >= 11 is 6.01. The van der Waals surface area contributed by atoms with Gasteiger partial charge in [0.25, 0.3) is 5.91 Å². The Morgan fingerprint density at radius 1 is 0.933 bits per heavy atom. The van der Waals surface area contributed by atoms with E-state index in [4.69, 9.17) is 11.6 Å². The molecule has 0 aliphatic heterocycles. The number of ketones is 2. The van der Waals surface area contributed by atoms with E-state index in [9.17, 15) is 14.4 Å². The van der Waals surface area contributed by atoms with Crippen LogP contribution in [0.15, 0.2) is 60.8 Å². The van der Waals surface area contributed by atoms with Gasteiger partial charge in [0.1, 0.15) is 11.3 Å². The van der Waals surface area contributed by atoms with E-state index in [0.29, 0.717) is 44.4 Å². The summed E-state index contributed by atoms with van der Waals surface area (Å²) in [4.78, 5) is 42.9. The third kappa shape index (κ3) is 2.73. The van der Waals surface area contributed by atoms with Crippen molar-refractivity contribution < 1.29 is 14.4 Å². The van der Waals surface area contributed by atoms with Gasteiger partial charge in [-0.1, -0.05) is 35.9 Å². The number of fused-ring (bicyclic) bond motifs is 3. The van der Waals surface area contributed by atoms with Crippen LogP contribution in [0.3, 0.4) is 0 Å². The van der Waals surface area contributed by atoms with Gasteiger partial charge in [-0.3, -0.25) is 18.8 Å². The Morgan fingerprint density at radius 3 is 2.33 bits per heavy atom. The SMILES string of the molecule is Cc1nc2cc(Cl)ccn2c1C(=O)Nc1ccc2c(c1)C(=O)c1ccccc1C2=O. The first-order chi connectivity index (χ1) is 14.4. The van der Waals surface area contributed by atoms with Gasteiger partial charge in [-0.2, -0.15) is 0 Å². The number of amides is 1. The number of carbonyl (C=O) groups is 3. The molecule has 7 heteroatoms. The number of aryl methyl sites for hydroxylation is 1. The van der Waals surface area contributed by atoms with Crippen molar-refractivity contribution in [1.82, 2.24) is 9.38 Å². The van der Waals surface area contributed by atoms with Crippen LogP contribution in [0.4, 0.5) is 5.69 Å². The number of imidazole rings is 1. The van der Waals surface area contributed by atoms with Crippen LogP contribution >= 0.6 is 11.6 Å². The van der Waals surface area contributed by atoms with Gasteiger partial charge in [0, 0.05) is 45.2 Å². The number of hydrogen-bond acceptors (Lipinski definition) is 4. The highest BCUT2D eigenvalue weighted by Crippen LogP contribution is 2.29. The zero-order chi connectivity index (χ0) is 21.0. The van der Waals surface area contributed by atoms with E-state index in [0.717, 1.165) is 0 Å². The third-order valence-electron chi connectivity index (χ3n) is 5.16. The van der Waals surface area contributed by atoms with Gasteiger partial charge < -0.3 is 5.32 Å². The van der Waals surface area contributed by atoms with E-state index >= 15 is 0 Å². The molecule has 0 spiro atoms. The Hall–Kier alpha value is -3.77. The maximum Gasteiger partial charge on any atom is 0.274 e. The number of hydrogen-bond donors (Lipinski definition) is 1. The lowest BCUT2D eigenvalue weighted by molar-refractivity contribution is 0.0979. The Balaban J connectivity index is 1.52. The minimum Gasteiger partial charge on any atom is -0.321 e. The van der Waals surface area contributed by atoms with Gasteiger partial charge in [-0.25, -0.2) is 4.98 Å². The molecule has 1 amide bonds. The van der Waals surface area contributed by atoms with Crippen LogP contribution in [0.2, 0.25) is 5.02 Å². The number of nitrogens with one attached hydrogen (secondary N) is 1. The number of anilines is 1. The average Bonchev–Trinajstić information content (AvgIpc) is 3.06. The quantitative estimate of drug-likeness (QED) is 0.465. The molecule has 1 aliphatic rings. The van der Waals surface area contributed by atoms with Crippen LogP contribution in [-0.4, -0.2) is 26.9 Å². The van der Waals surface area contributed by atoms with Crippen LogP contribution in [0.25, 0.3) is 5.65 Å². The Bertz CT molecular complexity index is 1400.